The number of halogens is 1. The van der Waals surface area contributed by atoms with Crippen molar-refractivity contribution < 1.29 is 19.1 Å². The van der Waals surface area contributed by atoms with Crippen molar-refractivity contribution in [1.29, 1.82) is 0 Å². The van der Waals surface area contributed by atoms with Crippen LogP contribution in [0.3, 0.4) is 0 Å². The summed E-state index contributed by atoms with van der Waals surface area (Å²) >= 11 is 4.83. The summed E-state index contributed by atoms with van der Waals surface area (Å²) < 4.78 is 11.3. The number of hydrogen-bond donors (Lipinski definition) is 1. The molecule has 2 amide bonds. The predicted octanol–water partition coefficient (Wildman–Crippen LogP) is 3.72. The van der Waals surface area contributed by atoms with Gasteiger partial charge in [0.1, 0.15) is 16.0 Å². The Bertz CT molecular complexity index is 853. The molecule has 0 saturated carbocycles. The number of benzene rings is 1. The van der Waals surface area contributed by atoms with E-state index in [4.69, 9.17) is 9.47 Å². The fourth-order valence-electron chi connectivity index (χ4n) is 3.14. The maximum atomic E-state index is 12.9. The van der Waals surface area contributed by atoms with E-state index < -0.39 is 0 Å². The highest BCUT2D eigenvalue weighted by Crippen LogP contribution is 2.36. The van der Waals surface area contributed by atoms with Gasteiger partial charge in [0.25, 0.3) is 5.91 Å². The Morgan fingerprint density at radius 2 is 1.82 bits per heavy atom. The topological polar surface area (TPSA) is 80.8 Å². The molecule has 0 spiro atoms. The van der Waals surface area contributed by atoms with E-state index in [9.17, 15) is 9.59 Å². The van der Waals surface area contributed by atoms with Gasteiger partial charge in [-0.1, -0.05) is 0 Å². The van der Waals surface area contributed by atoms with Crippen molar-refractivity contribution in [2.24, 2.45) is 5.92 Å². The number of hydrogen-bond acceptors (Lipinski definition) is 6. The van der Waals surface area contributed by atoms with Crippen LogP contribution in [0, 0.1) is 12.8 Å². The fraction of sp³-hybridized carbons (Fsp3) is 0.421. The number of likely N-dealkylation sites (tertiary alicyclic amines) is 1. The van der Waals surface area contributed by atoms with E-state index in [-0.39, 0.29) is 17.7 Å². The molecule has 7 nitrogen and oxygen atoms in total. The molecule has 2 aromatic rings. The molecule has 0 radical (unpaired) electrons. The maximum absolute atomic E-state index is 12.9. The highest BCUT2D eigenvalue weighted by Gasteiger charge is 2.29. The van der Waals surface area contributed by atoms with Gasteiger partial charge in [-0.05, 0) is 47.8 Å². The number of ether oxygens (including phenoxy) is 2. The SMILES string of the molecule is COc1cc(C(=O)N2CCC(C(=O)Nc3nc(C)cs3)CC2)cc(OC)c1Br. The monoisotopic (exact) mass is 467 g/mol. The molecule has 150 valence electrons. The van der Waals surface area contributed by atoms with Crippen LogP contribution in [0.4, 0.5) is 5.13 Å². The molecule has 1 aliphatic rings. The molecule has 0 unspecified atom stereocenters. The quantitative estimate of drug-likeness (QED) is 0.724. The van der Waals surface area contributed by atoms with Crippen molar-refractivity contribution in [3.8, 4) is 11.5 Å². The van der Waals surface area contributed by atoms with Crippen LogP contribution in [0.1, 0.15) is 28.9 Å². The number of thiazole rings is 1. The second kappa shape index (κ2) is 8.91. The van der Waals surface area contributed by atoms with Crippen LogP contribution < -0.4 is 14.8 Å². The summed E-state index contributed by atoms with van der Waals surface area (Å²) in [6.07, 6.45) is 1.24. The summed E-state index contributed by atoms with van der Waals surface area (Å²) in [5.41, 5.74) is 1.39. The number of aryl methyl sites for hydroxylation is 1. The van der Waals surface area contributed by atoms with Crippen molar-refractivity contribution in [3.05, 3.63) is 33.2 Å². The van der Waals surface area contributed by atoms with Gasteiger partial charge in [-0.25, -0.2) is 4.98 Å². The highest BCUT2D eigenvalue weighted by molar-refractivity contribution is 9.10. The Balaban J connectivity index is 1.63. The van der Waals surface area contributed by atoms with Crippen LogP contribution >= 0.6 is 27.3 Å². The summed E-state index contributed by atoms with van der Waals surface area (Å²) in [7, 11) is 3.09. The molecule has 1 saturated heterocycles. The van der Waals surface area contributed by atoms with E-state index in [0.29, 0.717) is 52.6 Å². The minimum atomic E-state index is -0.123. The van der Waals surface area contributed by atoms with Gasteiger partial charge in [-0.3, -0.25) is 9.59 Å². The average Bonchev–Trinajstić information content (AvgIpc) is 3.12. The Hall–Kier alpha value is -2.13. The van der Waals surface area contributed by atoms with Crippen molar-refractivity contribution in [2.75, 3.05) is 32.6 Å². The lowest BCUT2D eigenvalue weighted by molar-refractivity contribution is -0.121. The van der Waals surface area contributed by atoms with E-state index in [1.807, 2.05) is 12.3 Å². The van der Waals surface area contributed by atoms with Gasteiger partial charge < -0.3 is 19.7 Å². The predicted molar refractivity (Wildman–Crippen MR) is 111 cm³/mol. The number of anilines is 1. The van der Waals surface area contributed by atoms with Gasteiger partial charge >= 0.3 is 0 Å². The molecule has 1 N–H and O–H groups in total. The van der Waals surface area contributed by atoms with Gasteiger partial charge in [0, 0.05) is 30.0 Å². The molecule has 1 aliphatic heterocycles. The molecule has 1 aromatic carbocycles. The van der Waals surface area contributed by atoms with E-state index in [1.165, 1.54) is 11.3 Å². The lowest BCUT2D eigenvalue weighted by atomic mass is 9.95. The Morgan fingerprint density at radius 1 is 1.21 bits per heavy atom. The molecule has 1 fully saturated rings. The maximum Gasteiger partial charge on any atom is 0.254 e. The number of rotatable bonds is 5. The van der Waals surface area contributed by atoms with Crippen LogP contribution in [0.5, 0.6) is 11.5 Å². The lowest BCUT2D eigenvalue weighted by Crippen LogP contribution is -2.41. The van der Waals surface area contributed by atoms with Crippen molar-refractivity contribution in [3.63, 3.8) is 0 Å². The van der Waals surface area contributed by atoms with Gasteiger partial charge in [0.05, 0.1) is 19.9 Å². The minimum absolute atomic E-state index is 0.0339. The highest BCUT2D eigenvalue weighted by atomic mass is 79.9. The van der Waals surface area contributed by atoms with E-state index in [1.54, 1.807) is 31.3 Å². The molecule has 3 rings (SSSR count). The van der Waals surface area contributed by atoms with Crippen molar-refractivity contribution in [1.82, 2.24) is 9.88 Å². The van der Waals surface area contributed by atoms with Crippen LogP contribution in [0.15, 0.2) is 22.0 Å². The van der Waals surface area contributed by atoms with Crippen molar-refractivity contribution in [2.45, 2.75) is 19.8 Å². The Labute approximate surface area is 176 Å². The van der Waals surface area contributed by atoms with Gasteiger partial charge in [0.2, 0.25) is 5.91 Å². The summed E-state index contributed by atoms with van der Waals surface area (Å²) in [4.78, 5) is 31.4. The largest absolute Gasteiger partial charge is 0.495 e. The van der Waals surface area contributed by atoms with Crippen LogP contribution in [0.25, 0.3) is 0 Å². The van der Waals surface area contributed by atoms with Crippen LogP contribution in [-0.4, -0.2) is 49.0 Å². The first-order chi connectivity index (χ1) is 13.4. The number of carbonyl (C=O) groups excluding carboxylic acids is 2. The molecular formula is C19H22BrN3O4S. The molecule has 0 bridgehead atoms. The summed E-state index contributed by atoms with van der Waals surface area (Å²) in [5, 5.41) is 5.39. The first kappa shape index (κ1) is 20.6. The summed E-state index contributed by atoms with van der Waals surface area (Å²) in [6, 6.07) is 3.39. The zero-order chi connectivity index (χ0) is 20.3. The number of amides is 2. The van der Waals surface area contributed by atoms with E-state index >= 15 is 0 Å². The smallest absolute Gasteiger partial charge is 0.254 e. The third-order valence-electron chi connectivity index (χ3n) is 4.69. The molecule has 0 atom stereocenters. The molecular weight excluding hydrogens is 446 g/mol. The molecule has 28 heavy (non-hydrogen) atoms. The average molecular weight is 468 g/mol. The fourth-order valence-corrected chi connectivity index (χ4v) is 4.38. The summed E-state index contributed by atoms with van der Waals surface area (Å²) in [5.74, 6) is 0.820. The number of methoxy groups -OCH3 is 2. The molecule has 9 heteroatoms. The van der Waals surface area contributed by atoms with Gasteiger partial charge in [0.15, 0.2) is 5.13 Å². The van der Waals surface area contributed by atoms with E-state index in [0.717, 1.165) is 5.69 Å². The van der Waals surface area contributed by atoms with Crippen LogP contribution in [-0.2, 0) is 4.79 Å². The lowest BCUT2D eigenvalue weighted by Gasteiger charge is -2.31. The van der Waals surface area contributed by atoms with E-state index in [2.05, 4.69) is 26.2 Å². The minimum Gasteiger partial charge on any atom is -0.495 e. The number of aromatic nitrogens is 1. The normalized spacial score (nSPS) is 14.6. The van der Waals surface area contributed by atoms with Gasteiger partial charge in [-0.2, -0.15) is 0 Å². The first-order valence-electron chi connectivity index (χ1n) is 8.86. The number of nitrogens with zero attached hydrogens (tertiary/aromatic N) is 2. The number of piperidine rings is 1. The number of nitrogens with one attached hydrogen (secondary N) is 1. The standard InChI is InChI=1S/C19H22BrN3O4S/c1-11-10-28-19(21-11)22-17(24)12-4-6-23(7-5-12)18(25)13-8-14(26-2)16(20)15(9-13)27-3/h8-10,12H,4-7H2,1-3H3,(H,21,22,24). The number of carbonyl (C=O) groups is 2. The zero-order valence-electron chi connectivity index (χ0n) is 16.0. The first-order valence-corrected chi connectivity index (χ1v) is 10.5. The second-order valence-electron chi connectivity index (χ2n) is 6.54. The molecule has 0 aliphatic carbocycles. The molecule has 2 heterocycles. The third kappa shape index (κ3) is 4.47. The summed E-state index contributed by atoms with van der Waals surface area (Å²) in [6.45, 7) is 2.94. The molecule has 1 aromatic heterocycles. The van der Waals surface area contributed by atoms with Crippen molar-refractivity contribution >= 4 is 44.2 Å². The third-order valence-corrected chi connectivity index (χ3v) is 6.35. The zero-order valence-corrected chi connectivity index (χ0v) is 18.4. The Kier molecular flexibility index (Phi) is 6.56. The van der Waals surface area contributed by atoms with Crippen LogP contribution in [0.2, 0.25) is 0 Å². The second-order valence-corrected chi connectivity index (χ2v) is 8.20. The Morgan fingerprint density at radius 3 is 2.32 bits per heavy atom. The van der Waals surface area contributed by atoms with Gasteiger partial charge in [-0.15, -0.1) is 11.3 Å².